The zero-order chi connectivity index (χ0) is 24.9. The number of aryl methyl sites for hydroxylation is 1. The monoisotopic (exact) mass is 487 g/mol. The fraction of sp³-hybridized carbons (Fsp3) is 0.483. The van der Waals surface area contributed by atoms with E-state index in [1.54, 1.807) is 0 Å². The molecular formula is C29H37N5O2. The SMILES string of the molecule is Cc1ccc(-c2noc(CN3CCCC(C(=O)NCc4ccc(N5CCCC(C)C5)cc4)C3)n2)cc1. The Morgan fingerprint density at radius 1 is 1.03 bits per heavy atom. The summed E-state index contributed by atoms with van der Waals surface area (Å²) in [6.07, 6.45) is 4.48. The van der Waals surface area contributed by atoms with Crippen molar-refractivity contribution >= 4 is 11.6 Å². The van der Waals surface area contributed by atoms with Gasteiger partial charge in [-0.25, -0.2) is 0 Å². The maximum absolute atomic E-state index is 12.9. The molecule has 2 fully saturated rings. The molecule has 2 aliphatic heterocycles. The van der Waals surface area contributed by atoms with Crippen LogP contribution in [-0.2, 0) is 17.9 Å². The molecule has 1 amide bonds. The van der Waals surface area contributed by atoms with Crippen molar-refractivity contribution in [3.63, 3.8) is 0 Å². The maximum atomic E-state index is 12.9. The first-order valence-corrected chi connectivity index (χ1v) is 13.3. The van der Waals surface area contributed by atoms with E-state index in [1.807, 2.05) is 24.3 Å². The van der Waals surface area contributed by atoms with Crippen LogP contribution in [0.2, 0.25) is 0 Å². The molecule has 7 heteroatoms. The third-order valence-corrected chi connectivity index (χ3v) is 7.44. The van der Waals surface area contributed by atoms with Gasteiger partial charge in [-0.2, -0.15) is 4.98 Å². The number of hydrogen-bond acceptors (Lipinski definition) is 6. The van der Waals surface area contributed by atoms with Crippen LogP contribution in [0.5, 0.6) is 0 Å². The van der Waals surface area contributed by atoms with Crippen molar-refractivity contribution in [1.29, 1.82) is 0 Å². The molecule has 0 saturated carbocycles. The molecule has 0 spiro atoms. The van der Waals surface area contributed by atoms with E-state index < -0.39 is 0 Å². The zero-order valence-electron chi connectivity index (χ0n) is 21.4. The molecule has 2 aliphatic rings. The van der Waals surface area contributed by atoms with Crippen LogP contribution < -0.4 is 10.2 Å². The average molecular weight is 488 g/mol. The number of anilines is 1. The van der Waals surface area contributed by atoms with Gasteiger partial charge in [-0.05, 0) is 62.8 Å². The van der Waals surface area contributed by atoms with E-state index in [-0.39, 0.29) is 11.8 Å². The van der Waals surface area contributed by atoms with Gasteiger partial charge in [0.15, 0.2) is 0 Å². The summed E-state index contributed by atoms with van der Waals surface area (Å²) in [5, 5.41) is 7.30. The second-order valence-corrected chi connectivity index (χ2v) is 10.5. The molecule has 5 rings (SSSR count). The number of piperidine rings is 2. The van der Waals surface area contributed by atoms with E-state index >= 15 is 0 Å². The van der Waals surface area contributed by atoms with Crippen molar-refractivity contribution in [3.05, 3.63) is 65.5 Å². The van der Waals surface area contributed by atoms with E-state index in [2.05, 4.69) is 63.4 Å². The predicted molar refractivity (Wildman–Crippen MR) is 141 cm³/mol. The Bertz CT molecular complexity index is 1140. The van der Waals surface area contributed by atoms with Crippen molar-refractivity contribution in [2.45, 2.75) is 52.6 Å². The summed E-state index contributed by atoms with van der Waals surface area (Å²) < 4.78 is 5.51. The lowest BCUT2D eigenvalue weighted by Gasteiger charge is -2.33. The standard InChI is InChI=1S/C29H37N5O2/c1-21-7-11-24(12-8-21)28-31-27(36-32-28)20-33-15-4-6-25(19-33)29(35)30-17-23-9-13-26(14-10-23)34-16-3-5-22(2)18-34/h7-14,22,25H,3-6,15-20H2,1-2H3,(H,30,35). The quantitative estimate of drug-likeness (QED) is 0.516. The Balaban J connectivity index is 1.10. The summed E-state index contributed by atoms with van der Waals surface area (Å²) in [5.41, 5.74) is 4.57. The van der Waals surface area contributed by atoms with E-state index in [0.717, 1.165) is 49.5 Å². The fourth-order valence-electron chi connectivity index (χ4n) is 5.33. The number of rotatable bonds is 7. The molecule has 0 bridgehead atoms. The van der Waals surface area contributed by atoms with Gasteiger partial charge < -0.3 is 14.7 Å². The molecule has 2 aromatic carbocycles. The molecule has 1 aromatic heterocycles. The first-order valence-electron chi connectivity index (χ1n) is 13.3. The Hall–Kier alpha value is -3.19. The minimum absolute atomic E-state index is 0.0210. The molecule has 0 radical (unpaired) electrons. The van der Waals surface area contributed by atoms with Crippen LogP contribution in [0, 0.1) is 18.8 Å². The number of nitrogens with zero attached hydrogens (tertiary/aromatic N) is 4. The second-order valence-electron chi connectivity index (χ2n) is 10.5. The maximum Gasteiger partial charge on any atom is 0.241 e. The number of carbonyl (C=O) groups excluding carboxylic acids is 1. The number of carbonyl (C=O) groups is 1. The summed E-state index contributed by atoms with van der Waals surface area (Å²) in [6, 6.07) is 16.8. The molecule has 0 aliphatic carbocycles. The number of benzene rings is 2. The van der Waals surface area contributed by atoms with Crippen LogP contribution >= 0.6 is 0 Å². The summed E-state index contributed by atoms with van der Waals surface area (Å²) >= 11 is 0. The molecule has 36 heavy (non-hydrogen) atoms. The molecule has 7 nitrogen and oxygen atoms in total. The van der Waals surface area contributed by atoms with Gasteiger partial charge in [0.2, 0.25) is 17.6 Å². The highest BCUT2D eigenvalue weighted by Crippen LogP contribution is 2.24. The van der Waals surface area contributed by atoms with E-state index in [0.29, 0.717) is 31.3 Å². The lowest BCUT2D eigenvalue weighted by atomic mass is 9.97. The second kappa shape index (κ2) is 11.2. The molecule has 1 N–H and O–H groups in total. The Morgan fingerprint density at radius 3 is 2.58 bits per heavy atom. The van der Waals surface area contributed by atoms with Gasteiger partial charge in [0.1, 0.15) is 0 Å². The normalized spacial score (nSPS) is 20.9. The number of amides is 1. The third kappa shape index (κ3) is 6.13. The minimum atomic E-state index is -0.0210. The summed E-state index contributed by atoms with van der Waals surface area (Å²) in [5.74, 6) is 2.06. The van der Waals surface area contributed by atoms with Gasteiger partial charge in [-0.1, -0.05) is 54.0 Å². The van der Waals surface area contributed by atoms with Gasteiger partial charge in [0.05, 0.1) is 12.5 Å². The molecule has 190 valence electrons. The van der Waals surface area contributed by atoms with Crippen molar-refractivity contribution in [1.82, 2.24) is 20.4 Å². The topological polar surface area (TPSA) is 74.5 Å². The van der Waals surface area contributed by atoms with Gasteiger partial charge in [0.25, 0.3) is 0 Å². The number of likely N-dealkylation sites (tertiary alicyclic amines) is 1. The number of hydrogen-bond donors (Lipinski definition) is 1. The number of nitrogens with one attached hydrogen (secondary N) is 1. The molecule has 2 atom stereocenters. The van der Waals surface area contributed by atoms with Gasteiger partial charge in [-0.3, -0.25) is 9.69 Å². The Morgan fingerprint density at radius 2 is 1.81 bits per heavy atom. The van der Waals surface area contributed by atoms with Gasteiger partial charge in [0, 0.05) is 37.4 Å². The average Bonchev–Trinajstić information content (AvgIpc) is 3.36. The first-order chi connectivity index (χ1) is 17.5. The zero-order valence-corrected chi connectivity index (χ0v) is 21.4. The Labute approximate surface area is 213 Å². The van der Waals surface area contributed by atoms with Gasteiger partial charge in [-0.15, -0.1) is 0 Å². The molecular weight excluding hydrogens is 450 g/mol. The molecule has 2 unspecified atom stereocenters. The van der Waals surface area contributed by atoms with Crippen molar-refractivity contribution in [3.8, 4) is 11.4 Å². The first kappa shape index (κ1) is 24.5. The van der Waals surface area contributed by atoms with E-state index in [1.165, 1.54) is 24.1 Å². The predicted octanol–water partition coefficient (Wildman–Crippen LogP) is 4.81. The van der Waals surface area contributed by atoms with Crippen molar-refractivity contribution in [2.75, 3.05) is 31.1 Å². The van der Waals surface area contributed by atoms with Crippen LogP contribution in [0.15, 0.2) is 53.1 Å². The van der Waals surface area contributed by atoms with Crippen LogP contribution in [0.4, 0.5) is 5.69 Å². The summed E-state index contributed by atoms with van der Waals surface area (Å²) in [6.45, 7) is 9.42. The van der Waals surface area contributed by atoms with Crippen LogP contribution in [0.25, 0.3) is 11.4 Å². The van der Waals surface area contributed by atoms with Crippen molar-refractivity contribution in [2.24, 2.45) is 11.8 Å². The lowest BCUT2D eigenvalue weighted by molar-refractivity contribution is -0.127. The highest BCUT2D eigenvalue weighted by atomic mass is 16.5. The minimum Gasteiger partial charge on any atom is -0.371 e. The third-order valence-electron chi connectivity index (χ3n) is 7.44. The largest absolute Gasteiger partial charge is 0.371 e. The lowest BCUT2D eigenvalue weighted by Crippen LogP contribution is -2.42. The number of aromatic nitrogens is 2. The highest BCUT2D eigenvalue weighted by molar-refractivity contribution is 5.79. The van der Waals surface area contributed by atoms with E-state index in [9.17, 15) is 4.79 Å². The smallest absolute Gasteiger partial charge is 0.241 e. The summed E-state index contributed by atoms with van der Waals surface area (Å²) in [4.78, 5) is 22.2. The molecule has 3 heterocycles. The summed E-state index contributed by atoms with van der Waals surface area (Å²) in [7, 11) is 0. The highest BCUT2D eigenvalue weighted by Gasteiger charge is 2.27. The van der Waals surface area contributed by atoms with Crippen LogP contribution in [0.1, 0.15) is 49.6 Å². The Kier molecular flexibility index (Phi) is 7.66. The van der Waals surface area contributed by atoms with Crippen molar-refractivity contribution < 1.29 is 9.32 Å². The van der Waals surface area contributed by atoms with Gasteiger partial charge >= 0.3 is 0 Å². The van der Waals surface area contributed by atoms with E-state index in [4.69, 9.17) is 4.52 Å². The van der Waals surface area contributed by atoms with Crippen LogP contribution in [-0.4, -0.2) is 47.1 Å². The molecule has 3 aromatic rings. The fourth-order valence-corrected chi connectivity index (χ4v) is 5.33. The van der Waals surface area contributed by atoms with Crippen LogP contribution in [0.3, 0.4) is 0 Å². The molecule has 2 saturated heterocycles.